The predicted molar refractivity (Wildman–Crippen MR) is 114 cm³/mol. The van der Waals surface area contributed by atoms with E-state index in [2.05, 4.69) is 10.6 Å². The SMILES string of the molecule is CCOc1ccc(NC(=O)C[NH+](C)[C@H](C)C(=O)Nc2ccccc2F)cc1OCC. The minimum Gasteiger partial charge on any atom is -0.490 e. The van der Waals surface area contributed by atoms with Crippen molar-refractivity contribution in [2.24, 2.45) is 0 Å². The number of quaternary nitrogens is 1. The smallest absolute Gasteiger partial charge is 0.282 e. The number of anilines is 2. The molecule has 0 aliphatic carbocycles. The van der Waals surface area contributed by atoms with Gasteiger partial charge >= 0.3 is 0 Å². The van der Waals surface area contributed by atoms with Crippen molar-refractivity contribution >= 4 is 23.2 Å². The van der Waals surface area contributed by atoms with E-state index >= 15 is 0 Å². The Morgan fingerprint density at radius 3 is 2.37 bits per heavy atom. The van der Waals surface area contributed by atoms with Gasteiger partial charge in [-0.05, 0) is 45.0 Å². The maximum Gasteiger partial charge on any atom is 0.282 e. The summed E-state index contributed by atoms with van der Waals surface area (Å²) < 4.78 is 24.8. The third-order valence-electron chi connectivity index (χ3n) is 4.53. The minimum atomic E-state index is -0.560. The van der Waals surface area contributed by atoms with Gasteiger partial charge in [-0.15, -0.1) is 0 Å². The number of para-hydroxylation sites is 1. The maximum atomic E-state index is 13.7. The Balaban J connectivity index is 1.95. The third-order valence-corrected chi connectivity index (χ3v) is 4.53. The lowest BCUT2D eigenvalue weighted by molar-refractivity contribution is -0.885. The Kier molecular flexibility index (Phi) is 8.61. The molecule has 0 aromatic heterocycles. The molecular formula is C22H29FN3O4+. The standard InChI is InChI=1S/C22H28FN3O4/c1-5-29-19-12-11-16(13-20(19)30-6-2)24-21(27)14-26(4)15(3)22(28)25-18-10-8-7-9-17(18)23/h7-13,15H,5-6,14H2,1-4H3,(H,24,27)(H,25,28)/p+1/t15-/m1/s1. The van der Waals surface area contributed by atoms with Gasteiger partial charge in [-0.1, -0.05) is 12.1 Å². The molecule has 0 fully saturated rings. The van der Waals surface area contributed by atoms with E-state index in [0.717, 1.165) is 0 Å². The Morgan fingerprint density at radius 2 is 1.70 bits per heavy atom. The number of amides is 2. The highest BCUT2D eigenvalue weighted by atomic mass is 19.1. The topological polar surface area (TPSA) is 81.1 Å². The summed E-state index contributed by atoms with van der Waals surface area (Å²) >= 11 is 0. The monoisotopic (exact) mass is 418 g/mol. The predicted octanol–water partition coefficient (Wildman–Crippen LogP) is 2.10. The zero-order valence-corrected chi connectivity index (χ0v) is 17.8. The highest BCUT2D eigenvalue weighted by Gasteiger charge is 2.24. The molecule has 0 heterocycles. The number of rotatable bonds is 10. The van der Waals surface area contributed by atoms with Crippen LogP contribution in [0.2, 0.25) is 0 Å². The fraction of sp³-hybridized carbons (Fsp3) is 0.364. The van der Waals surface area contributed by atoms with Crippen LogP contribution in [0.5, 0.6) is 11.5 Å². The Morgan fingerprint density at radius 1 is 1.03 bits per heavy atom. The van der Waals surface area contributed by atoms with Crippen molar-refractivity contribution < 1.29 is 28.4 Å². The van der Waals surface area contributed by atoms with Gasteiger partial charge in [0.15, 0.2) is 24.1 Å². The van der Waals surface area contributed by atoms with Gasteiger partial charge in [-0.3, -0.25) is 9.59 Å². The molecule has 2 amide bonds. The molecule has 0 aliphatic rings. The van der Waals surface area contributed by atoms with Crippen LogP contribution >= 0.6 is 0 Å². The summed E-state index contributed by atoms with van der Waals surface area (Å²) in [5.74, 6) is 0.0258. The second-order valence-corrected chi connectivity index (χ2v) is 6.79. The number of likely N-dealkylation sites (N-methyl/N-ethyl adjacent to an activating group) is 1. The molecule has 0 bridgehead atoms. The molecule has 30 heavy (non-hydrogen) atoms. The van der Waals surface area contributed by atoms with E-state index in [1.807, 2.05) is 13.8 Å². The zero-order valence-electron chi connectivity index (χ0n) is 17.8. The van der Waals surface area contributed by atoms with Gasteiger partial charge in [0.05, 0.1) is 25.9 Å². The van der Waals surface area contributed by atoms with E-state index in [1.54, 1.807) is 44.3 Å². The summed E-state index contributed by atoms with van der Waals surface area (Å²) in [5.41, 5.74) is 0.688. The first-order chi connectivity index (χ1) is 14.3. The van der Waals surface area contributed by atoms with Gasteiger partial charge in [-0.25, -0.2) is 4.39 Å². The molecule has 2 aromatic rings. The van der Waals surface area contributed by atoms with Crippen molar-refractivity contribution in [1.29, 1.82) is 0 Å². The molecule has 2 rings (SSSR count). The lowest BCUT2D eigenvalue weighted by atomic mass is 10.2. The molecule has 0 saturated heterocycles. The van der Waals surface area contributed by atoms with E-state index in [4.69, 9.17) is 9.47 Å². The number of halogens is 1. The van der Waals surface area contributed by atoms with Crippen LogP contribution in [0.1, 0.15) is 20.8 Å². The van der Waals surface area contributed by atoms with Crippen molar-refractivity contribution in [2.45, 2.75) is 26.8 Å². The molecule has 0 spiro atoms. The van der Waals surface area contributed by atoms with Gasteiger partial charge < -0.3 is 25.0 Å². The lowest BCUT2D eigenvalue weighted by Crippen LogP contribution is -3.14. The Hall–Kier alpha value is -3.13. The first-order valence-corrected chi connectivity index (χ1v) is 9.92. The molecule has 0 saturated carbocycles. The largest absolute Gasteiger partial charge is 0.490 e. The zero-order chi connectivity index (χ0) is 22.1. The average Bonchev–Trinajstić information content (AvgIpc) is 2.71. The van der Waals surface area contributed by atoms with Gasteiger partial charge in [0, 0.05) is 11.8 Å². The molecule has 1 unspecified atom stereocenters. The summed E-state index contributed by atoms with van der Waals surface area (Å²) in [6, 6.07) is 10.6. The highest BCUT2D eigenvalue weighted by molar-refractivity contribution is 5.94. The van der Waals surface area contributed by atoms with Crippen molar-refractivity contribution in [3.8, 4) is 11.5 Å². The minimum absolute atomic E-state index is 0.0586. The second-order valence-electron chi connectivity index (χ2n) is 6.79. The molecule has 2 aromatic carbocycles. The summed E-state index contributed by atoms with van der Waals surface area (Å²) in [6.07, 6.45) is 0. The van der Waals surface area contributed by atoms with Crippen LogP contribution in [-0.4, -0.2) is 44.7 Å². The van der Waals surface area contributed by atoms with Crippen molar-refractivity contribution in [3.63, 3.8) is 0 Å². The Labute approximate surface area is 176 Å². The van der Waals surface area contributed by atoms with Crippen LogP contribution in [0, 0.1) is 5.82 Å². The molecule has 0 radical (unpaired) electrons. The van der Waals surface area contributed by atoms with E-state index in [1.165, 1.54) is 12.1 Å². The first-order valence-electron chi connectivity index (χ1n) is 9.92. The van der Waals surface area contributed by atoms with Crippen molar-refractivity contribution in [2.75, 3.05) is 37.4 Å². The van der Waals surface area contributed by atoms with Crippen LogP contribution in [0.15, 0.2) is 42.5 Å². The van der Waals surface area contributed by atoms with Gasteiger partial charge in [0.25, 0.3) is 11.8 Å². The maximum absolute atomic E-state index is 13.7. The lowest BCUT2D eigenvalue weighted by Gasteiger charge is -2.21. The summed E-state index contributed by atoms with van der Waals surface area (Å²) in [6.45, 7) is 6.47. The third kappa shape index (κ3) is 6.45. The fourth-order valence-corrected chi connectivity index (χ4v) is 2.77. The highest BCUT2D eigenvalue weighted by Crippen LogP contribution is 2.30. The Bertz CT molecular complexity index is 875. The molecule has 0 aliphatic heterocycles. The van der Waals surface area contributed by atoms with E-state index in [9.17, 15) is 14.0 Å². The quantitative estimate of drug-likeness (QED) is 0.552. The van der Waals surface area contributed by atoms with E-state index in [-0.39, 0.29) is 24.0 Å². The summed E-state index contributed by atoms with van der Waals surface area (Å²) in [5, 5.41) is 5.36. The van der Waals surface area contributed by atoms with Crippen LogP contribution in [-0.2, 0) is 9.59 Å². The molecular weight excluding hydrogens is 389 g/mol. The first kappa shape index (κ1) is 23.2. The molecule has 7 nitrogen and oxygen atoms in total. The number of hydrogen-bond acceptors (Lipinski definition) is 4. The summed E-state index contributed by atoms with van der Waals surface area (Å²) in [7, 11) is 1.73. The number of nitrogens with one attached hydrogen (secondary N) is 3. The average molecular weight is 418 g/mol. The number of benzene rings is 2. The van der Waals surface area contributed by atoms with Crippen LogP contribution < -0.4 is 25.0 Å². The van der Waals surface area contributed by atoms with Crippen LogP contribution in [0.25, 0.3) is 0 Å². The van der Waals surface area contributed by atoms with Crippen molar-refractivity contribution in [3.05, 3.63) is 48.3 Å². The number of carbonyl (C=O) groups is 2. The van der Waals surface area contributed by atoms with Crippen LogP contribution in [0.3, 0.4) is 0 Å². The number of ether oxygens (including phenoxy) is 2. The van der Waals surface area contributed by atoms with Gasteiger partial charge in [-0.2, -0.15) is 0 Å². The summed E-state index contributed by atoms with van der Waals surface area (Å²) in [4.78, 5) is 25.5. The normalized spacial score (nSPS) is 12.6. The van der Waals surface area contributed by atoms with Crippen LogP contribution in [0.4, 0.5) is 15.8 Å². The molecule has 2 atom stereocenters. The fourth-order valence-electron chi connectivity index (χ4n) is 2.77. The van der Waals surface area contributed by atoms with E-state index in [0.29, 0.717) is 35.3 Å². The molecule has 162 valence electrons. The second kappa shape index (κ2) is 11.2. The molecule has 3 N–H and O–H groups in total. The molecule has 8 heteroatoms. The van der Waals surface area contributed by atoms with Gasteiger partial charge in [0.1, 0.15) is 5.82 Å². The van der Waals surface area contributed by atoms with Crippen molar-refractivity contribution in [1.82, 2.24) is 0 Å². The van der Waals surface area contributed by atoms with E-state index < -0.39 is 11.9 Å². The number of hydrogen-bond donors (Lipinski definition) is 3. The number of carbonyl (C=O) groups excluding carboxylic acids is 2. The van der Waals surface area contributed by atoms with Gasteiger partial charge in [0.2, 0.25) is 0 Å².